The molecule has 1 nitrogen and oxygen atoms in total. The molecule has 0 saturated carbocycles. The van der Waals surface area contributed by atoms with Crippen LogP contribution in [0.25, 0.3) is 0 Å². The maximum atomic E-state index is 12.4. The first-order chi connectivity index (χ1) is 7.43. The van der Waals surface area contributed by atoms with Crippen molar-refractivity contribution in [2.75, 3.05) is 11.9 Å². The molecule has 0 spiro atoms. The Hall–Kier alpha value is -1.19. The molecule has 0 saturated heterocycles. The van der Waals surface area contributed by atoms with Crippen LogP contribution in [0.3, 0.4) is 0 Å². The van der Waals surface area contributed by atoms with Gasteiger partial charge in [0.05, 0.1) is 5.56 Å². The fourth-order valence-corrected chi connectivity index (χ4v) is 1.24. The summed E-state index contributed by atoms with van der Waals surface area (Å²) in [5.41, 5.74) is -0.0863. The average Bonchev–Trinajstić information content (AvgIpc) is 2.25. The number of alkyl halides is 3. The number of rotatable bonds is 4. The van der Waals surface area contributed by atoms with Gasteiger partial charge in [-0.2, -0.15) is 13.2 Å². The monoisotopic (exact) mass is 231 g/mol. The molecule has 0 bridgehead atoms. The van der Waals surface area contributed by atoms with E-state index in [9.17, 15) is 13.2 Å². The minimum atomic E-state index is -4.27. The molecule has 0 aromatic heterocycles. The summed E-state index contributed by atoms with van der Waals surface area (Å²) >= 11 is 0. The standard InChI is InChI=1S/C12H16F3N/c1-3-9(2)8-16-11-6-4-5-10(7-11)12(13,14)15/h4-7,9,16H,3,8H2,1-2H3. The summed E-state index contributed by atoms with van der Waals surface area (Å²) in [6.07, 6.45) is -3.26. The number of halogens is 3. The van der Waals surface area contributed by atoms with Crippen molar-refractivity contribution < 1.29 is 13.2 Å². The zero-order valence-electron chi connectivity index (χ0n) is 9.43. The summed E-state index contributed by atoms with van der Waals surface area (Å²) < 4.78 is 37.2. The van der Waals surface area contributed by atoms with E-state index in [4.69, 9.17) is 0 Å². The van der Waals surface area contributed by atoms with Crippen molar-refractivity contribution in [1.82, 2.24) is 0 Å². The summed E-state index contributed by atoms with van der Waals surface area (Å²) in [5, 5.41) is 3.01. The first kappa shape index (κ1) is 12.9. The Morgan fingerprint density at radius 3 is 2.56 bits per heavy atom. The second kappa shape index (κ2) is 5.23. The van der Waals surface area contributed by atoms with Gasteiger partial charge in [0.1, 0.15) is 0 Å². The second-order valence-electron chi connectivity index (χ2n) is 3.97. The van der Waals surface area contributed by atoms with Crippen LogP contribution >= 0.6 is 0 Å². The summed E-state index contributed by atoms with van der Waals surface area (Å²) in [5.74, 6) is 0.453. The van der Waals surface area contributed by atoms with Crippen LogP contribution in [0.5, 0.6) is 0 Å². The number of hydrogen-bond donors (Lipinski definition) is 1. The first-order valence-corrected chi connectivity index (χ1v) is 5.34. The molecule has 1 aromatic rings. The molecule has 0 aliphatic heterocycles. The van der Waals surface area contributed by atoms with Crippen LogP contribution in [0, 0.1) is 5.92 Å². The fourth-order valence-electron chi connectivity index (χ4n) is 1.24. The highest BCUT2D eigenvalue weighted by molar-refractivity contribution is 5.46. The van der Waals surface area contributed by atoms with Crippen LogP contribution < -0.4 is 5.32 Å². The number of nitrogens with one attached hydrogen (secondary N) is 1. The van der Waals surface area contributed by atoms with Crippen molar-refractivity contribution in [3.8, 4) is 0 Å². The van der Waals surface area contributed by atoms with E-state index in [1.54, 1.807) is 6.07 Å². The highest BCUT2D eigenvalue weighted by Gasteiger charge is 2.30. The molecule has 0 fully saturated rings. The second-order valence-corrected chi connectivity index (χ2v) is 3.97. The van der Waals surface area contributed by atoms with Crippen molar-refractivity contribution in [3.05, 3.63) is 29.8 Å². The molecule has 1 aromatic carbocycles. The smallest absolute Gasteiger partial charge is 0.385 e. The molecule has 90 valence electrons. The van der Waals surface area contributed by atoms with Gasteiger partial charge in [0.15, 0.2) is 0 Å². The van der Waals surface area contributed by atoms with E-state index in [-0.39, 0.29) is 0 Å². The van der Waals surface area contributed by atoms with E-state index in [1.165, 1.54) is 6.07 Å². The van der Waals surface area contributed by atoms with E-state index < -0.39 is 11.7 Å². The quantitative estimate of drug-likeness (QED) is 0.820. The molecule has 16 heavy (non-hydrogen) atoms. The number of anilines is 1. The third-order valence-electron chi connectivity index (χ3n) is 2.54. The molecular weight excluding hydrogens is 215 g/mol. The molecule has 1 rings (SSSR count). The third kappa shape index (κ3) is 3.76. The van der Waals surface area contributed by atoms with Crippen molar-refractivity contribution in [3.63, 3.8) is 0 Å². The predicted molar refractivity (Wildman–Crippen MR) is 59.4 cm³/mol. The average molecular weight is 231 g/mol. The molecule has 0 amide bonds. The van der Waals surface area contributed by atoms with Crippen LogP contribution in [0.15, 0.2) is 24.3 Å². The SMILES string of the molecule is CCC(C)CNc1cccc(C(F)(F)F)c1. The predicted octanol–water partition coefficient (Wildman–Crippen LogP) is 4.16. The van der Waals surface area contributed by atoms with E-state index in [1.807, 2.05) is 0 Å². The molecule has 4 heteroatoms. The topological polar surface area (TPSA) is 12.0 Å². The molecule has 0 aliphatic rings. The normalized spacial score (nSPS) is 13.6. The van der Waals surface area contributed by atoms with Crippen molar-refractivity contribution in [2.24, 2.45) is 5.92 Å². The van der Waals surface area contributed by atoms with Crippen LogP contribution in [-0.2, 0) is 6.18 Å². The zero-order valence-corrected chi connectivity index (χ0v) is 9.43. The van der Waals surface area contributed by atoms with E-state index in [2.05, 4.69) is 19.2 Å². The summed E-state index contributed by atoms with van der Waals surface area (Å²) in [4.78, 5) is 0. The van der Waals surface area contributed by atoms with Crippen molar-refractivity contribution in [1.29, 1.82) is 0 Å². The Kier molecular flexibility index (Phi) is 4.21. The molecule has 0 aliphatic carbocycles. The minimum absolute atomic E-state index is 0.453. The Balaban J connectivity index is 2.68. The molecular formula is C12H16F3N. The van der Waals surface area contributed by atoms with Crippen LogP contribution in [0.2, 0.25) is 0 Å². The van der Waals surface area contributed by atoms with Gasteiger partial charge in [-0.15, -0.1) is 0 Å². The lowest BCUT2D eigenvalue weighted by Crippen LogP contribution is -2.11. The van der Waals surface area contributed by atoms with Crippen LogP contribution in [0.4, 0.5) is 18.9 Å². The van der Waals surface area contributed by atoms with Crippen molar-refractivity contribution >= 4 is 5.69 Å². The molecule has 1 unspecified atom stereocenters. The van der Waals surface area contributed by atoms with E-state index in [0.717, 1.165) is 18.6 Å². The van der Waals surface area contributed by atoms with Gasteiger partial charge < -0.3 is 5.32 Å². The highest BCUT2D eigenvalue weighted by Crippen LogP contribution is 2.30. The summed E-state index contributed by atoms with van der Waals surface area (Å²) in [6, 6.07) is 5.29. The minimum Gasteiger partial charge on any atom is -0.385 e. The Morgan fingerprint density at radius 1 is 1.31 bits per heavy atom. The lowest BCUT2D eigenvalue weighted by atomic mass is 10.1. The Bertz CT molecular complexity index is 333. The largest absolute Gasteiger partial charge is 0.416 e. The lowest BCUT2D eigenvalue weighted by molar-refractivity contribution is -0.137. The maximum Gasteiger partial charge on any atom is 0.416 e. The Labute approximate surface area is 93.7 Å². The van der Waals surface area contributed by atoms with E-state index >= 15 is 0 Å². The fraction of sp³-hybridized carbons (Fsp3) is 0.500. The zero-order chi connectivity index (χ0) is 12.2. The summed E-state index contributed by atoms with van der Waals surface area (Å²) in [7, 11) is 0. The van der Waals surface area contributed by atoms with Gasteiger partial charge in [0, 0.05) is 12.2 Å². The van der Waals surface area contributed by atoms with E-state index in [0.29, 0.717) is 18.2 Å². The molecule has 0 heterocycles. The highest BCUT2D eigenvalue weighted by atomic mass is 19.4. The van der Waals surface area contributed by atoms with Gasteiger partial charge in [0.25, 0.3) is 0 Å². The first-order valence-electron chi connectivity index (χ1n) is 5.34. The molecule has 0 radical (unpaired) electrons. The van der Waals surface area contributed by atoms with Crippen LogP contribution in [-0.4, -0.2) is 6.54 Å². The van der Waals surface area contributed by atoms with Gasteiger partial charge in [0.2, 0.25) is 0 Å². The molecule has 1 N–H and O–H groups in total. The van der Waals surface area contributed by atoms with Crippen molar-refractivity contribution in [2.45, 2.75) is 26.4 Å². The Morgan fingerprint density at radius 2 is 2.00 bits per heavy atom. The third-order valence-corrected chi connectivity index (χ3v) is 2.54. The van der Waals surface area contributed by atoms with Gasteiger partial charge in [-0.25, -0.2) is 0 Å². The number of benzene rings is 1. The lowest BCUT2D eigenvalue weighted by Gasteiger charge is -2.13. The van der Waals surface area contributed by atoms with Crippen LogP contribution in [0.1, 0.15) is 25.8 Å². The van der Waals surface area contributed by atoms with Gasteiger partial charge in [-0.05, 0) is 24.1 Å². The van der Waals surface area contributed by atoms with Gasteiger partial charge >= 0.3 is 6.18 Å². The van der Waals surface area contributed by atoms with Gasteiger partial charge in [-0.1, -0.05) is 26.3 Å². The maximum absolute atomic E-state index is 12.4. The van der Waals surface area contributed by atoms with Gasteiger partial charge in [-0.3, -0.25) is 0 Å². The molecule has 1 atom stereocenters. The summed E-state index contributed by atoms with van der Waals surface area (Å²) in [6.45, 7) is 4.80. The number of hydrogen-bond acceptors (Lipinski definition) is 1.